The minimum Gasteiger partial charge on any atom is -0.461 e. The molecule has 270 valence electrons. The topological polar surface area (TPSA) is 112 Å². The lowest BCUT2D eigenvalue weighted by molar-refractivity contribution is -0.141. The minimum absolute atomic E-state index is 0.0922. The summed E-state index contributed by atoms with van der Waals surface area (Å²) in [4.78, 5) is 25.5. The maximum absolute atomic E-state index is 15.5. The molecular weight excluding hydrogens is 710 g/mol. The Bertz CT molecular complexity index is 2130. The summed E-state index contributed by atoms with van der Waals surface area (Å²) in [6.45, 7) is 0.656. The summed E-state index contributed by atoms with van der Waals surface area (Å²) in [6.07, 6.45) is -10.8. The SMILES string of the molecule is CN1C[C@@H](N(C)c2nc(OC[C@@]34CCCN3C[C@H](F)C4)nc3c(C(F)(F)F)c(-c4ccc(F)c5sc(N)c(C#N)c45)c(C(F)(F)F)cc23)CC1=O. The number of halogens is 8. The Morgan fingerprint density at radius 2 is 1.92 bits per heavy atom. The van der Waals surface area contributed by atoms with Gasteiger partial charge in [0.05, 0.1) is 38.5 Å². The molecule has 18 heteroatoms. The van der Waals surface area contributed by atoms with Crippen LogP contribution in [-0.4, -0.2) is 83.8 Å². The molecule has 3 saturated heterocycles. The van der Waals surface area contributed by atoms with Gasteiger partial charge in [0.15, 0.2) is 0 Å². The molecule has 3 aliphatic rings. The molecule has 2 N–H and O–H groups in total. The number of thiophene rings is 1. The van der Waals surface area contributed by atoms with Crippen LogP contribution in [0, 0.1) is 17.1 Å². The average molecular weight is 740 g/mol. The zero-order valence-electron chi connectivity index (χ0n) is 27.1. The van der Waals surface area contributed by atoms with Crippen molar-refractivity contribution in [2.45, 2.75) is 55.8 Å². The highest BCUT2D eigenvalue weighted by molar-refractivity contribution is 7.23. The molecule has 2 aromatic heterocycles. The van der Waals surface area contributed by atoms with Gasteiger partial charge in [-0.2, -0.15) is 41.6 Å². The summed E-state index contributed by atoms with van der Waals surface area (Å²) < 4.78 is 127. The number of hydrogen-bond acceptors (Lipinski definition) is 9. The summed E-state index contributed by atoms with van der Waals surface area (Å²) in [5.74, 6) is -1.64. The van der Waals surface area contributed by atoms with Crippen LogP contribution < -0.4 is 15.4 Å². The smallest absolute Gasteiger partial charge is 0.419 e. The van der Waals surface area contributed by atoms with Crippen LogP contribution in [0.25, 0.3) is 32.1 Å². The average Bonchev–Trinajstić information content (AvgIpc) is 3.78. The molecule has 0 spiro atoms. The zero-order valence-corrected chi connectivity index (χ0v) is 27.9. The molecule has 3 aliphatic heterocycles. The van der Waals surface area contributed by atoms with Crippen LogP contribution in [0.15, 0.2) is 18.2 Å². The van der Waals surface area contributed by atoms with E-state index in [1.54, 1.807) is 6.07 Å². The third-order valence-corrected chi connectivity index (χ3v) is 11.2. The van der Waals surface area contributed by atoms with Gasteiger partial charge >= 0.3 is 18.4 Å². The number of ether oxygens (including phenoxy) is 1. The van der Waals surface area contributed by atoms with Crippen LogP contribution in [0.1, 0.15) is 42.4 Å². The first-order valence-corrected chi connectivity index (χ1v) is 16.7. The Morgan fingerprint density at radius 1 is 1.18 bits per heavy atom. The van der Waals surface area contributed by atoms with Crippen LogP contribution in [0.2, 0.25) is 0 Å². The molecule has 7 rings (SSSR count). The lowest BCUT2D eigenvalue weighted by atomic mass is 9.88. The van der Waals surface area contributed by atoms with Crippen LogP contribution in [0.4, 0.5) is 45.9 Å². The van der Waals surface area contributed by atoms with Gasteiger partial charge in [0, 0.05) is 56.4 Å². The Balaban J connectivity index is 1.53. The fourth-order valence-electron chi connectivity index (χ4n) is 7.77. The van der Waals surface area contributed by atoms with Gasteiger partial charge in [-0.25, -0.2) is 8.78 Å². The van der Waals surface area contributed by atoms with Gasteiger partial charge in [0.2, 0.25) is 5.91 Å². The predicted octanol–water partition coefficient (Wildman–Crippen LogP) is 6.76. The Labute approximate surface area is 289 Å². The van der Waals surface area contributed by atoms with Crippen molar-refractivity contribution in [2.75, 3.05) is 51.0 Å². The highest BCUT2D eigenvalue weighted by Crippen LogP contribution is 2.52. The summed E-state index contributed by atoms with van der Waals surface area (Å²) in [7, 11) is 2.91. The summed E-state index contributed by atoms with van der Waals surface area (Å²) >= 11 is 0.521. The second-order valence-corrected chi connectivity index (χ2v) is 14.3. The normalized spacial score (nSPS) is 22.7. The lowest BCUT2D eigenvalue weighted by Crippen LogP contribution is -2.43. The maximum atomic E-state index is 15.5. The molecule has 0 saturated carbocycles. The van der Waals surface area contributed by atoms with E-state index in [9.17, 15) is 18.8 Å². The fraction of sp³-hybridized carbons (Fsp3) is 0.455. The van der Waals surface area contributed by atoms with Crippen LogP contribution in [0.5, 0.6) is 6.01 Å². The van der Waals surface area contributed by atoms with Crippen molar-refractivity contribution < 1.29 is 44.7 Å². The maximum Gasteiger partial charge on any atom is 0.419 e. The first-order valence-electron chi connectivity index (χ1n) is 15.9. The number of nitriles is 1. The van der Waals surface area contributed by atoms with E-state index in [0.29, 0.717) is 36.4 Å². The van der Waals surface area contributed by atoms with Crippen LogP contribution in [-0.2, 0) is 17.1 Å². The van der Waals surface area contributed by atoms with E-state index in [4.69, 9.17) is 10.5 Å². The number of carbonyl (C=O) groups is 1. The van der Waals surface area contributed by atoms with Crippen molar-refractivity contribution in [3.63, 3.8) is 0 Å². The van der Waals surface area contributed by atoms with Crippen molar-refractivity contribution in [3.05, 3.63) is 40.7 Å². The predicted molar refractivity (Wildman–Crippen MR) is 172 cm³/mol. The number of nitrogens with two attached hydrogens (primary N) is 1. The van der Waals surface area contributed by atoms with E-state index < -0.39 is 90.7 Å². The van der Waals surface area contributed by atoms with Gasteiger partial charge in [-0.15, -0.1) is 11.3 Å². The zero-order chi connectivity index (χ0) is 36.8. The number of rotatable bonds is 6. The number of carbonyl (C=O) groups excluding carboxylic acids is 1. The molecule has 2 aromatic carbocycles. The number of alkyl halides is 7. The van der Waals surface area contributed by atoms with E-state index >= 15 is 26.3 Å². The number of amides is 1. The second kappa shape index (κ2) is 12.0. The molecule has 0 bridgehead atoms. The molecule has 0 unspecified atom stereocenters. The third-order valence-electron chi connectivity index (χ3n) is 10.2. The van der Waals surface area contributed by atoms with Crippen molar-refractivity contribution in [1.82, 2.24) is 19.8 Å². The van der Waals surface area contributed by atoms with E-state index in [-0.39, 0.29) is 49.3 Å². The van der Waals surface area contributed by atoms with Gasteiger partial charge in [0.25, 0.3) is 0 Å². The number of fused-ring (bicyclic) bond motifs is 3. The van der Waals surface area contributed by atoms with E-state index in [1.807, 2.05) is 4.90 Å². The number of likely N-dealkylation sites (N-methyl/N-ethyl adjacent to an activating group) is 2. The summed E-state index contributed by atoms with van der Waals surface area (Å²) in [6, 6.07) is 2.37. The third kappa shape index (κ3) is 5.74. The van der Waals surface area contributed by atoms with E-state index in [0.717, 1.165) is 12.5 Å². The Morgan fingerprint density at radius 3 is 2.57 bits per heavy atom. The number of likely N-dealkylation sites (tertiary alicyclic amines) is 1. The van der Waals surface area contributed by atoms with Crippen molar-refractivity contribution in [3.8, 4) is 23.2 Å². The second-order valence-electron chi connectivity index (χ2n) is 13.3. The highest BCUT2D eigenvalue weighted by Gasteiger charge is 2.50. The Kier molecular flexibility index (Phi) is 8.25. The molecule has 0 aliphatic carbocycles. The highest BCUT2D eigenvalue weighted by atomic mass is 32.1. The van der Waals surface area contributed by atoms with Gasteiger partial charge in [0.1, 0.15) is 35.5 Å². The van der Waals surface area contributed by atoms with Crippen molar-refractivity contribution >= 4 is 49.1 Å². The lowest BCUT2D eigenvalue weighted by Gasteiger charge is -2.31. The molecule has 3 fully saturated rings. The van der Waals surface area contributed by atoms with Gasteiger partial charge in [-0.05, 0) is 37.1 Å². The summed E-state index contributed by atoms with van der Waals surface area (Å²) in [5.41, 5.74) is -1.98. The first kappa shape index (κ1) is 34.9. The standard InChI is InChI=1S/C33H29F8N7O2S/c1-46-13-16(8-22(46)49)47(2)29-18-9-20(32(36,37)38)24(17-4-5-21(35)27-23(17)19(11-42)28(43)51-27)25(33(39,40)41)26(18)44-30(45-29)50-14-31-6-3-7-48(31)12-15(34)10-31/h4-5,9,15-16H,3,6-8,10,12-14,43H2,1-2H3/t15-,16+,31+/m1/s1. The first-order chi connectivity index (χ1) is 23.9. The van der Waals surface area contributed by atoms with E-state index in [2.05, 4.69) is 9.97 Å². The summed E-state index contributed by atoms with van der Waals surface area (Å²) in [5, 5.41) is 8.38. The molecule has 0 radical (unpaired) electrons. The molecular formula is C33H29F8N7O2S. The van der Waals surface area contributed by atoms with Crippen molar-refractivity contribution in [1.29, 1.82) is 5.26 Å². The minimum atomic E-state index is -5.51. The molecule has 5 heterocycles. The number of nitrogens with zero attached hydrogens (tertiary/aromatic N) is 6. The molecule has 4 aromatic rings. The van der Waals surface area contributed by atoms with Gasteiger partial charge < -0.3 is 20.3 Å². The monoisotopic (exact) mass is 739 g/mol. The number of anilines is 2. The van der Waals surface area contributed by atoms with Crippen LogP contribution >= 0.6 is 11.3 Å². The molecule has 1 amide bonds. The molecule has 51 heavy (non-hydrogen) atoms. The van der Waals surface area contributed by atoms with Gasteiger partial charge in [-0.3, -0.25) is 9.69 Å². The van der Waals surface area contributed by atoms with E-state index in [1.165, 1.54) is 23.9 Å². The number of hydrogen-bond donors (Lipinski definition) is 1. The molecule has 9 nitrogen and oxygen atoms in total. The largest absolute Gasteiger partial charge is 0.461 e. The molecule has 3 atom stereocenters. The number of aromatic nitrogens is 2. The Hall–Kier alpha value is -4.50. The van der Waals surface area contributed by atoms with Gasteiger partial charge in [-0.1, -0.05) is 6.07 Å². The fourth-order valence-corrected chi connectivity index (χ4v) is 8.72. The number of nitrogen functional groups attached to an aromatic ring is 1. The number of benzene rings is 2. The van der Waals surface area contributed by atoms with Crippen molar-refractivity contribution in [2.24, 2.45) is 0 Å². The van der Waals surface area contributed by atoms with Crippen LogP contribution in [0.3, 0.4) is 0 Å². The quantitative estimate of drug-likeness (QED) is 0.216.